The Morgan fingerprint density at radius 1 is 0.525 bits per heavy atom. The molecule has 0 radical (unpaired) electrons. The third-order valence-corrected chi connectivity index (χ3v) is 9.74. The highest BCUT2D eigenvalue weighted by Crippen LogP contribution is 2.42. The highest BCUT2D eigenvalue weighted by molar-refractivity contribution is 9.10. The molecule has 40 heavy (non-hydrogen) atoms. The van der Waals surface area contributed by atoms with Gasteiger partial charge in [-0.15, -0.1) is 0 Å². The number of rotatable bonds is 15. The molecule has 0 saturated heterocycles. The van der Waals surface area contributed by atoms with Crippen LogP contribution in [0.4, 0.5) is 0 Å². The first kappa shape index (κ1) is 29.7. The van der Waals surface area contributed by atoms with Crippen LogP contribution >= 0.6 is 31.9 Å². The second-order valence-electron chi connectivity index (χ2n) is 11.7. The van der Waals surface area contributed by atoms with Gasteiger partial charge >= 0.3 is 0 Å². The van der Waals surface area contributed by atoms with Gasteiger partial charge < -0.3 is 9.13 Å². The minimum atomic E-state index is 1.08. The molecule has 0 fully saturated rings. The minimum absolute atomic E-state index is 1.08. The van der Waals surface area contributed by atoms with Gasteiger partial charge in [-0.2, -0.15) is 0 Å². The highest BCUT2D eigenvalue weighted by Gasteiger charge is 2.22. The smallest absolute Gasteiger partial charge is 0.0531 e. The largest absolute Gasteiger partial charge is 0.340 e. The summed E-state index contributed by atoms with van der Waals surface area (Å²) in [7, 11) is 0. The second kappa shape index (κ2) is 13.9. The molecular formula is C36H46Br2N2. The summed E-state index contributed by atoms with van der Waals surface area (Å²) >= 11 is 7.60. The van der Waals surface area contributed by atoms with Crippen molar-refractivity contribution in [3.63, 3.8) is 0 Å². The SMILES string of the molecule is CCCCCCc1c2c3ccc(Br)cc3n(CCCCCC)c2cc2c3ccc(Br)cc3n(CCCCCC)c12. The average molecular weight is 667 g/mol. The molecule has 0 unspecified atom stereocenters. The molecular weight excluding hydrogens is 620 g/mol. The quantitative estimate of drug-likeness (QED) is 0.0985. The van der Waals surface area contributed by atoms with Gasteiger partial charge in [-0.3, -0.25) is 0 Å². The number of nitrogens with zero attached hydrogens (tertiary/aromatic N) is 2. The van der Waals surface area contributed by atoms with Crippen molar-refractivity contribution in [2.45, 2.75) is 117 Å². The van der Waals surface area contributed by atoms with Gasteiger partial charge in [0.1, 0.15) is 0 Å². The highest BCUT2D eigenvalue weighted by atomic mass is 79.9. The first-order chi connectivity index (χ1) is 19.6. The molecule has 0 spiro atoms. The Morgan fingerprint density at radius 3 is 1.70 bits per heavy atom. The van der Waals surface area contributed by atoms with E-state index in [1.807, 2.05) is 0 Å². The van der Waals surface area contributed by atoms with Crippen molar-refractivity contribution in [1.29, 1.82) is 0 Å². The zero-order chi connectivity index (χ0) is 28.1. The van der Waals surface area contributed by atoms with E-state index in [4.69, 9.17) is 0 Å². The standard InChI is InChI=1S/C36H46Br2N2/c1-4-7-10-13-16-30-35-29-20-18-27(38)24-33(29)39(21-14-11-8-5-2)34(35)25-31-28-19-17-26(37)23-32(28)40(36(30)31)22-15-12-9-6-3/h17-20,23-25H,4-16,21-22H2,1-3H3. The molecule has 0 atom stereocenters. The summed E-state index contributed by atoms with van der Waals surface area (Å²) < 4.78 is 7.66. The third-order valence-electron chi connectivity index (χ3n) is 8.75. The van der Waals surface area contributed by atoms with Crippen LogP contribution in [0.3, 0.4) is 0 Å². The molecule has 2 nitrogen and oxygen atoms in total. The molecule has 5 rings (SSSR count). The number of benzene rings is 3. The molecule has 0 aliphatic rings. The van der Waals surface area contributed by atoms with E-state index in [2.05, 4.69) is 104 Å². The van der Waals surface area contributed by atoms with Gasteiger partial charge in [0.05, 0.1) is 22.1 Å². The van der Waals surface area contributed by atoms with Crippen LogP contribution in [0.2, 0.25) is 0 Å². The zero-order valence-corrected chi connectivity index (χ0v) is 28.0. The third kappa shape index (κ3) is 6.04. The molecule has 0 aliphatic heterocycles. The normalized spacial score (nSPS) is 12.1. The fraction of sp³-hybridized carbons (Fsp3) is 0.500. The Labute approximate surface area is 257 Å². The molecule has 0 aliphatic carbocycles. The van der Waals surface area contributed by atoms with Crippen molar-refractivity contribution in [3.8, 4) is 0 Å². The van der Waals surface area contributed by atoms with Crippen molar-refractivity contribution in [1.82, 2.24) is 9.13 Å². The minimum Gasteiger partial charge on any atom is -0.340 e. The van der Waals surface area contributed by atoms with E-state index in [0.717, 1.165) is 19.5 Å². The van der Waals surface area contributed by atoms with Crippen molar-refractivity contribution in [3.05, 3.63) is 57.0 Å². The van der Waals surface area contributed by atoms with Crippen molar-refractivity contribution in [2.24, 2.45) is 0 Å². The maximum absolute atomic E-state index is 3.80. The maximum Gasteiger partial charge on any atom is 0.0531 e. The number of unbranched alkanes of at least 4 members (excludes halogenated alkanes) is 9. The first-order valence-electron chi connectivity index (χ1n) is 15.9. The number of aromatic nitrogens is 2. The molecule has 0 amide bonds. The summed E-state index contributed by atoms with van der Waals surface area (Å²) in [6.07, 6.45) is 16.5. The summed E-state index contributed by atoms with van der Waals surface area (Å²) in [5.41, 5.74) is 7.25. The number of hydrogen-bond acceptors (Lipinski definition) is 0. The van der Waals surface area contributed by atoms with Gasteiger partial charge in [0.15, 0.2) is 0 Å². The van der Waals surface area contributed by atoms with Gasteiger partial charge in [0.2, 0.25) is 0 Å². The summed E-state index contributed by atoms with van der Waals surface area (Å²) in [6, 6.07) is 16.5. The zero-order valence-electron chi connectivity index (χ0n) is 24.8. The molecule has 3 aromatic carbocycles. The summed E-state index contributed by atoms with van der Waals surface area (Å²) in [4.78, 5) is 0. The lowest BCUT2D eigenvalue weighted by molar-refractivity contribution is 0.600. The van der Waals surface area contributed by atoms with Crippen LogP contribution in [0.5, 0.6) is 0 Å². The van der Waals surface area contributed by atoms with Crippen molar-refractivity contribution >= 4 is 75.5 Å². The monoisotopic (exact) mass is 664 g/mol. The lowest BCUT2D eigenvalue weighted by atomic mass is 9.97. The fourth-order valence-electron chi connectivity index (χ4n) is 6.72. The van der Waals surface area contributed by atoms with Crippen LogP contribution < -0.4 is 0 Å². The van der Waals surface area contributed by atoms with Gasteiger partial charge in [-0.25, -0.2) is 0 Å². The van der Waals surface area contributed by atoms with E-state index in [-0.39, 0.29) is 0 Å². The molecule has 2 aromatic heterocycles. The van der Waals surface area contributed by atoms with E-state index < -0.39 is 0 Å². The van der Waals surface area contributed by atoms with Crippen LogP contribution in [-0.2, 0) is 19.5 Å². The summed E-state index contributed by atoms with van der Waals surface area (Å²) in [5, 5.41) is 5.76. The Kier molecular flexibility index (Phi) is 10.3. The lowest BCUT2D eigenvalue weighted by Crippen LogP contribution is -2.02. The maximum atomic E-state index is 3.80. The summed E-state index contributed by atoms with van der Waals surface area (Å²) in [6.45, 7) is 9.09. The Morgan fingerprint density at radius 2 is 1.07 bits per heavy atom. The Balaban J connectivity index is 1.80. The Hall–Kier alpha value is -1.78. The lowest BCUT2D eigenvalue weighted by Gasteiger charge is -2.14. The van der Waals surface area contributed by atoms with E-state index in [0.29, 0.717) is 0 Å². The van der Waals surface area contributed by atoms with E-state index in [1.165, 1.54) is 130 Å². The number of aryl methyl sites for hydroxylation is 3. The van der Waals surface area contributed by atoms with Crippen LogP contribution in [-0.4, -0.2) is 9.13 Å². The average Bonchev–Trinajstić information content (AvgIpc) is 3.42. The van der Waals surface area contributed by atoms with E-state index in [9.17, 15) is 0 Å². The molecule has 2 heterocycles. The van der Waals surface area contributed by atoms with Crippen LogP contribution in [0.15, 0.2) is 51.4 Å². The molecule has 4 heteroatoms. The van der Waals surface area contributed by atoms with Crippen LogP contribution in [0, 0.1) is 0 Å². The molecule has 0 bridgehead atoms. The van der Waals surface area contributed by atoms with Crippen molar-refractivity contribution < 1.29 is 0 Å². The van der Waals surface area contributed by atoms with E-state index in [1.54, 1.807) is 5.56 Å². The molecule has 0 N–H and O–H groups in total. The van der Waals surface area contributed by atoms with Gasteiger partial charge in [-0.05, 0) is 61.6 Å². The number of hydrogen-bond donors (Lipinski definition) is 0. The predicted octanol–water partition coefficient (Wildman–Crippen LogP) is 12.7. The van der Waals surface area contributed by atoms with Gasteiger partial charge in [0.25, 0.3) is 0 Å². The fourth-order valence-corrected chi connectivity index (χ4v) is 7.42. The Bertz CT molecular complexity index is 1580. The first-order valence-corrected chi connectivity index (χ1v) is 17.5. The molecule has 5 aromatic rings. The van der Waals surface area contributed by atoms with E-state index >= 15 is 0 Å². The van der Waals surface area contributed by atoms with Gasteiger partial charge in [-0.1, -0.05) is 123 Å². The number of fused-ring (bicyclic) bond motifs is 6. The van der Waals surface area contributed by atoms with Gasteiger partial charge in [0, 0.05) is 43.6 Å². The molecule has 0 saturated carbocycles. The van der Waals surface area contributed by atoms with Crippen LogP contribution in [0.1, 0.15) is 103 Å². The second-order valence-corrected chi connectivity index (χ2v) is 13.5. The van der Waals surface area contributed by atoms with Crippen molar-refractivity contribution in [2.75, 3.05) is 0 Å². The predicted molar refractivity (Wildman–Crippen MR) is 184 cm³/mol. The van der Waals surface area contributed by atoms with Crippen LogP contribution in [0.25, 0.3) is 43.6 Å². The number of halogens is 2. The summed E-state index contributed by atoms with van der Waals surface area (Å²) in [5.74, 6) is 0. The molecule has 214 valence electrons. The topological polar surface area (TPSA) is 9.86 Å².